The van der Waals surface area contributed by atoms with Crippen LogP contribution in [-0.4, -0.2) is 26.6 Å². The van der Waals surface area contributed by atoms with Gasteiger partial charge < -0.3 is 5.32 Å². The Morgan fingerprint density at radius 1 is 1.16 bits per heavy atom. The fraction of sp³-hybridized carbons (Fsp3) is 0.188. The number of thioether (sulfide) groups is 1. The summed E-state index contributed by atoms with van der Waals surface area (Å²) in [5.41, 5.74) is 0.617. The topological polar surface area (TPSA) is 75.3 Å². The first kappa shape index (κ1) is 20.1. The fourth-order valence-electron chi connectivity index (χ4n) is 2.02. The van der Waals surface area contributed by atoms with E-state index in [1.165, 1.54) is 36.9 Å². The van der Waals surface area contributed by atoms with Crippen molar-refractivity contribution in [1.29, 1.82) is 0 Å². The summed E-state index contributed by atoms with van der Waals surface area (Å²) in [5, 5.41) is 2.97. The van der Waals surface area contributed by atoms with E-state index in [1.54, 1.807) is 12.1 Å². The van der Waals surface area contributed by atoms with Crippen LogP contribution in [0, 0.1) is 0 Å². The monoisotopic (exact) mass is 418 g/mol. The number of carbonyl (C=O) groups is 1. The number of sulfonamides is 1. The summed E-state index contributed by atoms with van der Waals surface area (Å²) in [5.74, 6) is -0.483. The predicted molar refractivity (Wildman–Crippen MR) is 103 cm³/mol. The maximum Gasteiger partial charge on any atom is 0.242 e. The largest absolute Gasteiger partial charge is 0.324 e. The normalized spacial score (nSPS) is 12.6. The van der Waals surface area contributed by atoms with Crippen LogP contribution in [0.4, 0.5) is 5.69 Å². The van der Waals surface area contributed by atoms with Gasteiger partial charge in [-0.2, -0.15) is 4.72 Å². The van der Waals surface area contributed by atoms with Crippen molar-refractivity contribution in [2.75, 3.05) is 11.6 Å². The van der Waals surface area contributed by atoms with E-state index >= 15 is 0 Å². The molecule has 2 rings (SSSR count). The van der Waals surface area contributed by atoms with Crippen molar-refractivity contribution in [3.05, 3.63) is 52.5 Å². The van der Waals surface area contributed by atoms with Crippen molar-refractivity contribution in [1.82, 2.24) is 4.72 Å². The predicted octanol–water partition coefficient (Wildman–Crippen LogP) is 4.02. The van der Waals surface area contributed by atoms with Crippen molar-refractivity contribution in [2.45, 2.75) is 22.8 Å². The maximum atomic E-state index is 12.5. The van der Waals surface area contributed by atoms with E-state index in [0.717, 1.165) is 4.90 Å². The maximum absolute atomic E-state index is 12.5. The molecular formula is C16H16Cl2N2O3S2. The molecule has 134 valence electrons. The third-order valence-corrected chi connectivity index (χ3v) is 6.33. The fourth-order valence-corrected chi connectivity index (χ4v) is 4.54. The lowest BCUT2D eigenvalue weighted by atomic mass is 10.3. The Kier molecular flexibility index (Phi) is 6.76. The van der Waals surface area contributed by atoms with Gasteiger partial charge in [-0.3, -0.25) is 4.79 Å². The minimum absolute atomic E-state index is 0.0252. The van der Waals surface area contributed by atoms with Gasteiger partial charge in [0.15, 0.2) is 0 Å². The SMILES string of the molecule is CSc1ccccc1NC(=O)[C@H](C)NS(=O)(=O)c1cc(Cl)ccc1Cl. The number of rotatable bonds is 6. The Bertz CT molecular complexity index is 889. The first-order chi connectivity index (χ1) is 11.7. The molecule has 0 spiro atoms. The summed E-state index contributed by atoms with van der Waals surface area (Å²) in [6.45, 7) is 1.45. The van der Waals surface area contributed by atoms with Crippen molar-refractivity contribution < 1.29 is 13.2 Å². The van der Waals surface area contributed by atoms with Crippen molar-refractivity contribution in [3.8, 4) is 0 Å². The van der Waals surface area contributed by atoms with Gasteiger partial charge in [0.1, 0.15) is 4.90 Å². The quantitative estimate of drug-likeness (QED) is 0.694. The van der Waals surface area contributed by atoms with E-state index < -0.39 is 22.0 Å². The molecule has 5 nitrogen and oxygen atoms in total. The zero-order valence-corrected chi connectivity index (χ0v) is 16.6. The Labute approximate surface area is 161 Å². The second-order valence-corrected chi connectivity index (χ2v) is 8.48. The highest BCUT2D eigenvalue weighted by molar-refractivity contribution is 7.98. The molecule has 0 saturated heterocycles. The number of hydrogen-bond donors (Lipinski definition) is 2. The molecular weight excluding hydrogens is 403 g/mol. The third-order valence-electron chi connectivity index (χ3n) is 3.27. The Balaban J connectivity index is 2.16. The molecule has 25 heavy (non-hydrogen) atoms. The van der Waals surface area contributed by atoms with Gasteiger partial charge in [0.2, 0.25) is 15.9 Å². The first-order valence-corrected chi connectivity index (χ1v) is 10.6. The molecule has 0 unspecified atom stereocenters. The molecule has 1 amide bonds. The number of anilines is 1. The van der Waals surface area contributed by atoms with Gasteiger partial charge >= 0.3 is 0 Å². The number of nitrogens with one attached hydrogen (secondary N) is 2. The van der Waals surface area contributed by atoms with E-state index in [-0.39, 0.29) is 14.9 Å². The van der Waals surface area contributed by atoms with Crippen LogP contribution in [0.15, 0.2) is 52.3 Å². The first-order valence-electron chi connectivity index (χ1n) is 7.16. The molecule has 0 aliphatic carbocycles. The van der Waals surface area contributed by atoms with E-state index in [9.17, 15) is 13.2 Å². The summed E-state index contributed by atoms with van der Waals surface area (Å²) in [6, 6.07) is 10.4. The summed E-state index contributed by atoms with van der Waals surface area (Å²) in [4.78, 5) is 13.0. The van der Waals surface area contributed by atoms with Gasteiger partial charge in [-0.1, -0.05) is 35.3 Å². The van der Waals surface area contributed by atoms with Gasteiger partial charge in [0.25, 0.3) is 0 Å². The van der Waals surface area contributed by atoms with Gasteiger partial charge in [-0.05, 0) is 43.5 Å². The van der Waals surface area contributed by atoms with E-state index in [2.05, 4.69) is 10.0 Å². The molecule has 2 aromatic carbocycles. The average Bonchev–Trinajstić information content (AvgIpc) is 2.57. The lowest BCUT2D eigenvalue weighted by molar-refractivity contribution is -0.117. The van der Waals surface area contributed by atoms with Crippen LogP contribution in [0.1, 0.15) is 6.92 Å². The van der Waals surface area contributed by atoms with Crippen LogP contribution < -0.4 is 10.0 Å². The van der Waals surface area contributed by atoms with E-state index in [0.29, 0.717) is 5.69 Å². The van der Waals surface area contributed by atoms with E-state index in [4.69, 9.17) is 23.2 Å². The second kappa shape index (κ2) is 8.42. The Morgan fingerprint density at radius 3 is 2.52 bits per heavy atom. The number of halogens is 2. The minimum Gasteiger partial charge on any atom is -0.324 e. The highest BCUT2D eigenvalue weighted by Gasteiger charge is 2.24. The zero-order chi connectivity index (χ0) is 18.6. The third kappa shape index (κ3) is 5.12. The summed E-state index contributed by atoms with van der Waals surface area (Å²) < 4.78 is 27.2. The number of hydrogen-bond acceptors (Lipinski definition) is 4. The number of para-hydroxylation sites is 1. The van der Waals surface area contributed by atoms with E-state index in [1.807, 2.05) is 18.4 Å². The average molecular weight is 419 g/mol. The Hall–Kier alpha value is -1.25. The number of carbonyl (C=O) groups excluding carboxylic acids is 1. The highest BCUT2D eigenvalue weighted by atomic mass is 35.5. The van der Waals surface area contributed by atoms with Crippen LogP contribution in [0.2, 0.25) is 10.0 Å². The number of benzene rings is 2. The molecule has 0 aliphatic rings. The molecule has 0 aliphatic heterocycles. The van der Waals surface area contributed by atoms with Crippen molar-refractivity contribution >= 4 is 56.6 Å². The molecule has 0 radical (unpaired) electrons. The van der Waals surface area contributed by atoms with Crippen LogP contribution in [-0.2, 0) is 14.8 Å². The molecule has 2 N–H and O–H groups in total. The molecule has 0 aromatic heterocycles. The molecule has 2 aromatic rings. The van der Waals surface area contributed by atoms with Gasteiger partial charge in [-0.25, -0.2) is 8.42 Å². The summed E-state index contributed by atoms with van der Waals surface area (Å²) in [6.07, 6.45) is 1.89. The zero-order valence-electron chi connectivity index (χ0n) is 13.4. The van der Waals surface area contributed by atoms with Crippen LogP contribution in [0.5, 0.6) is 0 Å². The van der Waals surface area contributed by atoms with Crippen molar-refractivity contribution in [2.24, 2.45) is 0 Å². The van der Waals surface area contributed by atoms with Crippen LogP contribution in [0.3, 0.4) is 0 Å². The molecule has 0 heterocycles. The van der Waals surface area contributed by atoms with Gasteiger partial charge in [0.05, 0.1) is 16.8 Å². The Morgan fingerprint density at radius 2 is 1.84 bits per heavy atom. The highest BCUT2D eigenvalue weighted by Crippen LogP contribution is 2.26. The standard InChI is InChI=1S/C16H16Cl2N2O3S2/c1-10(16(21)19-13-5-3-4-6-14(13)24-2)20-25(22,23)15-9-11(17)7-8-12(15)18/h3-10,20H,1-2H3,(H,19,21)/t10-/m0/s1. The molecule has 0 saturated carbocycles. The lowest BCUT2D eigenvalue weighted by Gasteiger charge is -2.16. The van der Waals surface area contributed by atoms with Gasteiger partial charge in [-0.15, -0.1) is 11.8 Å². The van der Waals surface area contributed by atoms with Crippen LogP contribution >= 0.6 is 35.0 Å². The van der Waals surface area contributed by atoms with Gasteiger partial charge in [0, 0.05) is 9.92 Å². The minimum atomic E-state index is -4.00. The van der Waals surface area contributed by atoms with Crippen LogP contribution in [0.25, 0.3) is 0 Å². The second-order valence-electron chi connectivity index (χ2n) is 5.11. The molecule has 9 heteroatoms. The summed E-state index contributed by atoms with van der Waals surface area (Å²) >= 11 is 13.2. The lowest BCUT2D eigenvalue weighted by Crippen LogP contribution is -2.41. The summed E-state index contributed by atoms with van der Waals surface area (Å²) in [7, 11) is -4.00. The van der Waals surface area contributed by atoms with Crippen molar-refractivity contribution in [3.63, 3.8) is 0 Å². The molecule has 0 bridgehead atoms. The number of amides is 1. The molecule has 1 atom stereocenters. The smallest absolute Gasteiger partial charge is 0.242 e. The molecule has 0 fully saturated rings.